The van der Waals surface area contributed by atoms with E-state index in [1.165, 1.54) is 16.6 Å². The van der Waals surface area contributed by atoms with Gasteiger partial charge < -0.3 is 20.7 Å². The molecule has 2 heterocycles. The molecule has 4 rings (SSSR count). The molecule has 1 fully saturated rings. The van der Waals surface area contributed by atoms with Gasteiger partial charge in [-0.05, 0) is 60.7 Å². The summed E-state index contributed by atoms with van der Waals surface area (Å²) in [6, 6.07) is 10.8. The number of hydrogen-bond acceptors (Lipinski definition) is 5. The largest absolute Gasteiger partial charge is 0.495 e. The molecule has 1 saturated heterocycles. The molecule has 1 aliphatic heterocycles. The highest BCUT2D eigenvalue weighted by atomic mass is 32.1. The Hall–Kier alpha value is -2.53. The van der Waals surface area contributed by atoms with Crippen LogP contribution in [0.2, 0.25) is 0 Å². The van der Waals surface area contributed by atoms with E-state index in [0.29, 0.717) is 39.4 Å². The summed E-state index contributed by atoms with van der Waals surface area (Å²) in [4.78, 5) is 0.371. The summed E-state index contributed by atoms with van der Waals surface area (Å²) in [5.74, 6) is 6.64. The molecule has 0 bridgehead atoms. The Balaban J connectivity index is 1.60. The zero-order valence-corrected chi connectivity index (χ0v) is 22.6. The number of anilines is 2. The molecule has 0 spiro atoms. The second kappa shape index (κ2) is 11.9. The minimum atomic E-state index is -4.38. The van der Waals surface area contributed by atoms with Crippen molar-refractivity contribution in [2.75, 3.05) is 50.7 Å². The molecule has 2 aromatic carbocycles. The average Bonchev–Trinajstić information content (AvgIpc) is 3.19. The first kappa shape index (κ1) is 27.5. The van der Waals surface area contributed by atoms with Gasteiger partial charge >= 0.3 is 6.18 Å². The molecule has 3 N–H and O–H groups in total. The van der Waals surface area contributed by atoms with Gasteiger partial charge in [0.05, 0.1) is 47.1 Å². The van der Waals surface area contributed by atoms with Gasteiger partial charge in [0.25, 0.3) is 0 Å². The maximum atomic E-state index is 14.4. The quantitative estimate of drug-likeness (QED) is 0.193. The molecule has 0 unspecified atom stereocenters. The van der Waals surface area contributed by atoms with Gasteiger partial charge in [0.2, 0.25) is 0 Å². The Labute approximate surface area is 219 Å². The van der Waals surface area contributed by atoms with Crippen molar-refractivity contribution in [2.24, 2.45) is 0 Å². The number of halogens is 4. The lowest BCUT2D eigenvalue weighted by Crippen LogP contribution is -2.45. The third-order valence-corrected chi connectivity index (χ3v) is 8.72. The second-order valence-corrected chi connectivity index (χ2v) is 12.4. The normalized spacial score (nSPS) is 17.9. The van der Waals surface area contributed by atoms with Crippen molar-refractivity contribution in [3.63, 3.8) is 0 Å². The molecule has 4 nitrogen and oxygen atoms in total. The fraction of sp³-hybridized carbons (Fsp3) is 0.407. The van der Waals surface area contributed by atoms with E-state index >= 15 is 0 Å². The summed E-state index contributed by atoms with van der Waals surface area (Å²) in [5, 5.41) is 11.2. The van der Waals surface area contributed by atoms with Crippen molar-refractivity contribution in [3.8, 4) is 17.6 Å². The minimum absolute atomic E-state index is 0.159. The van der Waals surface area contributed by atoms with Gasteiger partial charge in [0.15, 0.2) is 0 Å². The summed E-state index contributed by atoms with van der Waals surface area (Å²) in [6.45, 7) is 5.51. The summed E-state index contributed by atoms with van der Waals surface area (Å²) in [5.41, 5.74) is 1.58. The summed E-state index contributed by atoms with van der Waals surface area (Å²) >= 11 is 1.22. The third-order valence-electron chi connectivity index (χ3n) is 6.22. The van der Waals surface area contributed by atoms with Crippen LogP contribution in [0.4, 0.5) is 28.9 Å². The Morgan fingerprint density at radius 2 is 2.00 bits per heavy atom. The average molecular weight is 552 g/mol. The van der Waals surface area contributed by atoms with E-state index in [2.05, 4.69) is 41.1 Å². The Kier molecular flexibility index (Phi) is 8.84. The molecular formula is C27H30F4N3OPS. The predicted molar refractivity (Wildman–Crippen MR) is 148 cm³/mol. The van der Waals surface area contributed by atoms with Crippen LogP contribution in [0.5, 0.6) is 5.75 Å². The van der Waals surface area contributed by atoms with Crippen LogP contribution in [0.1, 0.15) is 16.9 Å². The van der Waals surface area contributed by atoms with E-state index in [-0.39, 0.29) is 26.6 Å². The second-order valence-electron chi connectivity index (χ2n) is 9.08. The number of benzene rings is 2. The van der Waals surface area contributed by atoms with Crippen molar-refractivity contribution < 1.29 is 22.3 Å². The molecule has 198 valence electrons. The number of nitrogens with one attached hydrogen (secondary N) is 3. The fourth-order valence-electron chi connectivity index (χ4n) is 4.31. The topological polar surface area (TPSA) is 45.3 Å². The molecule has 1 aromatic heterocycles. The van der Waals surface area contributed by atoms with Gasteiger partial charge in [0, 0.05) is 6.54 Å². The van der Waals surface area contributed by atoms with Crippen molar-refractivity contribution in [2.45, 2.75) is 31.2 Å². The Bertz CT molecular complexity index is 1300. The van der Waals surface area contributed by atoms with Crippen molar-refractivity contribution in [1.82, 2.24) is 5.32 Å². The molecule has 0 radical (unpaired) electrons. The maximum absolute atomic E-state index is 14.4. The first-order chi connectivity index (χ1) is 17.7. The smallest absolute Gasteiger partial charge is 0.393 e. The number of rotatable bonds is 7. The Morgan fingerprint density at radius 1 is 1.19 bits per heavy atom. The summed E-state index contributed by atoms with van der Waals surface area (Å²) < 4.78 is 61.0. The van der Waals surface area contributed by atoms with Crippen molar-refractivity contribution in [1.29, 1.82) is 0 Å². The number of ether oxygens (including phenoxy) is 1. The third kappa shape index (κ3) is 6.87. The lowest BCUT2D eigenvalue weighted by atomic mass is 10.0. The van der Waals surface area contributed by atoms with Crippen LogP contribution in [-0.4, -0.2) is 58.5 Å². The molecule has 0 aliphatic carbocycles. The van der Waals surface area contributed by atoms with Crippen molar-refractivity contribution in [3.05, 3.63) is 46.8 Å². The van der Waals surface area contributed by atoms with Gasteiger partial charge in [-0.2, -0.15) is 13.2 Å². The first-order valence-electron chi connectivity index (χ1n) is 12.0. The number of piperidine rings is 1. The number of thiophene rings is 1. The molecule has 37 heavy (non-hydrogen) atoms. The molecular weight excluding hydrogens is 521 g/mol. The van der Waals surface area contributed by atoms with Crippen LogP contribution in [0.15, 0.2) is 36.4 Å². The molecule has 1 aliphatic rings. The molecule has 0 amide bonds. The number of hydrogen-bond donors (Lipinski definition) is 3. The molecule has 3 aromatic rings. The van der Waals surface area contributed by atoms with Gasteiger partial charge in [-0.25, -0.2) is 4.39 Å². The highest BCUT2D eigenvalue weighted by Crippen LogP contribution is 2.39. The zero-order valence-electron chi connectivity index (χ0n) is 20.9. The van der Waals surface area contributed by atoms with Crippen LogP contribution >= 0.6 is 19.3 Å². The molecule has 10 heteroatoms. The Morgan fingerprint density at radius 3 is 2.70 bits per heavy atom. The lowest BCUT2D eigenvalue weighted by molar-refractivity contribution is -0.126. The van der Waals surface area contributed by atoms with E-state index in [1.807, 2.05) is 18.2 Å². The molecule has 2 atom stereocenters. The fourth-order valence-corrected chi connectivity index (χ4v) is 6.23. The first-order valence-corrected chi connectivity index (χ1v) is 15.0. The van der Waals surface area contributed by atoms with Gasteiger partial charge in [-0.3, -0.25) is 0 Å². The van der Waals surface area contributed by atoms with E-state index in [1.54, 1.807) is 25.3 Å². The maximum Gasteiger partial charge on any atom is 0.393 e. The van der Waals surface area contributed by atoms with Crippen molar-refractivity contribution >= 4 is 46.0 Å². The number of alkyl halides is 4. The summed E-state index contributed by atoms with van der Waals surface area (Å²) in [7, 11) is 1.33. The highest BCUT2D eigenvalue weighted by molar-refractivity contribution is 7.64. The lowest BCUT2D eigenvalue weighted by Gasteiger charge is -2.28. The van der Waals surface area contributed by atoms with Crippen LogP contribution in [-0.2, 0) is 6.42 Å². The zero-order chi connectivity index (χ0) is 26.6. The van der Waals surface area contributed by atoms with E-state index in [4.69, 9.17) is 4.74 Å². The van der Waals surface area contributed by atoms with E-state index in [9.17, 15) is 17.6 Å². The van der Waals surface area contributed by atoms with Gasteiger partial charge in [0.1, 0.15) is 11.9 Å². The van der Waals surface area contributed by atoms with Crippen LogP contribution in [0, 0.1) is 11.8 Å². The standard InChI is InChI=1S/C27H30F4N3OPS/c1-35-24-14-17(36(2)3)9-10-22(24)33-12-5-8-25-19(15-27(29,30)31)18-6-4-7-23(26(18)37-25)34-21-11-13-32-16-20(21)28/h4,6-7,9-10,14,20-21,32-34H,11-13,15-16H2,1-3H3/t20-,21+/m0/s1. The SMILES string of the molecule is COc1cc(P(C)C)ccc1NCC#Cc1sc2c(N[C@@H]3CCNC[C@@H]3F)cccc2c1CC(F)(F)F. The molecule has 0 saturated carbocycles. The predicted octanol–water partition coefficient (Wildman–Crippen LogP) is 5.96. The van der Waals surface area contributed by atoms with Crippen LogP contribution in [0.3, 0.4) is 0 Å². The summed E-state index contributed by atoms with van der Waals surface area (Å²) in [6.07, 6.45) is -5.92. The highest BCUT2D eigenvalue weighted by Gasteiger charge is 2.31. The van der Waals surface area contributed by atoms with E-state index in [0.717, 1.165) is 5.69 Å². The van der Waals surface area contributed by atoms with Crippen LogP contribution < -0.4 is 26.0 Å². The van der Waals surface area contributed by atoms with Gasteiger partial charge in [-0.15, -0.1) is 11.3 Å². The van der Waals surface area contributed by atoms with Gasteiger partial charge in [-0.1, -0.05) is 38.0 Å². The van der Waals surface area contributed by atoms with E-state index < -0.39 is 24.8 Å². The number of fused-ring (bicyclic) bond motifs is 1. The monoisotopic (exact) mass is 551 g/mol. The van der Waals surface area contributed by atoms with Crippen LogP contribution in [0.25, 0.3) is 10.1 Å². The number of methoxy groups -OCH3 is 1. The minimum Gasteiger partial charge on any atom is -0.495 e.